The number of hydrogen-bond donors (Lipinski definition) is 0. The van der Waals surface area contributed by atoms with Crippen molar-refractivity contribution in [1.29, 1.82) is 0 Å². The van der Waals surface area contributed by atoms with Crippen LogP contribution in [0.1, 0.15) is 17.4 Å². The summed E-state index contributed by atoms with van der Waals surface area (Å²) in [7, 11) is 0. The van der Waals surface area contributed by atoms with Crippen LogP contribution in [0, 0.1) is 0 Å². The molecule has 0 aliphatic heterocycles. The van der Waals surface area contributed by atoms with Crippen molar-refractivity contribution < 1.29 is 18.7 Å². The molecular weight excluding hydrogens is 260 g/mol. The van der Waals surface area contributed by atoms with Crippen molar-refractivity contribution in [3.05, 3.63) is 35.4 Å². The number of ether oxygens (including phenoxy) is 2. The molecule has 18 heavy (non-hydrogen) atoms. The average molecular weight is 269 g/mol. The van der Waals surface area contributed by atoms with Crippen molar-refractivity contribution >= 4 is 17.6 Å². The molecule has 0 bridgehead atoms. The standard InChI is InChI=1S/C11H9ClN2O4/c1-2-16-10(15)9-6-17-11(14-9)18-8-3-7(12)4-13-5-8/h3-6H,2H2,1H3. The van der Waals surface area contributed by atoms with E-state index in [9.17, 15) is 4.79 Å². The Bertz CT molecular complexity index is 555. The van der Waals surface area contributed by atoms with Gasteiger partial charge in [0.1, 0.15) is 6.26 Å². The number of carbonyl (C=O) groups excluding carboxylic acids is 1. The van der Waals surface area contributed by atoms with Gasteiger partial charge in [-0.25, -0.2) is 4.79 Å². The predicted molar refractivity (Wildman–Crippen MR) is 61.8 cm³/mol. The number of esters is 1. The first kappa shape index (κ1) is 12.4. The van der Waals surface area contributed by atoms with Crippen molar-refractivity contribution in [2.75, 3.05) is 6.61 Å². The molecule has 0 saturated carbocycles. The molecule has 94 valence electrons. The minimum Gasteiger partial charge on any atom is -0.461 e. The Morgan fingerprint density at radius 1 is 1.50 bits per heavy atom. The summed E-state index contributed by atoms with van der Waals surface area (Å²) in [6.07, 6.45) is 3.99. The molecular formula is C11H9ClN2O4. The first-order valence-corrected chi connectivity index (χ1v) is 5.48. The molecule has 2 rings (SSSR count). The highest BCUT2D eigenvalue weighted by molar-refractivity contribution is 6.30. The lowest BCUT2D eigenvalue weighted by Crippen LogP contribution is -2.04. The lowest BCUT2D eigenvalue weighted by molar-refractivity contribution is 0.0519. The number of aromatic nitrogens is 2. The van der Waals surface area contributed by atoms with E-state index in [-0.39, 0.29) is 18.4 Å². The highest BCUT2D eigenvalue weighted by atomic mass is 35.5. The van der Waals surface area contributed by atoms with E-state index in [1.165, 1.54) is 12.4 Å². The highest BCUT2D eigenvalue weighted by Crippen LogP contribution is 2.22. The first-order valence-electron chi connectivity index (χ1n) is 5.10. The van der Waals surface area contributed by atoms with Gasteiger partial charge in [-0.2, -0.15) is 4.98 Å². The minimum absolute atomic E-state index is 0.0434. The maximum Gasteiger partial charge on any atom is 0.399 e. The van der Waals surface area contributed by atoms with Crippen LogP contribution in [0.25, 0.3) is 0 Å². The van der Waals surface area contributed by atoms with Crippen molar-refractivity contribution in [2.45, 2.75) is 6.92 Å². The molecule has 2 aromatic heterocycles. The highest BCUT2D eigenvalue weighted by Gasteiger charge is 2.14. The SMILES string of the molecule is CCOC(=O)c1coc(Oc2cncc(Cl)c2)n1. The summed E-state index contributed by atoms with van der Waals surface area (Å²) in [5.74, 6) is -0.208. The summed E-state index contributed by atoms with van der Waals surface area (Å²) in [6, 6.07) is 1.54. The van der Waals surface area contributed by atoms with Crippen molar-refractivity contribution in [2.24, 2.45) is 0 Å². The first-order chi connectivity index (χ1) is 8.69. The molecule has 0 amide bonds. The lowest BCUT2D eigenvalue weighted by atomic mass is 10.5. The second-order valence-electron chi connectivity index (χ2n) is 3.16. The molecule has 0 spiro atoms. The van der Waals surface area contributed by atoms with Crippen LogP contribution in [-0.2, 0) is 4.74 Å². The number of rotatable bonds is 4. The van der Waals surface area contributed by atoms with Crippen LogP contribution in [0.2, 0.25) is 5.02 Å². The summed E-state index contributed by atoms with van der Waals surface area (Å²) in [5, 5.41) is 0.421. The molecule has 0 aliphatic rings. The van der Waals surface area contributed by atoms with Gasteiger partial charge in [-0.3, -0.25) is 4.98 Å². The average Bonchev–Trinajstić information content (AvgIpc) is 2.78. The molecule has 0 aromatic carbocycles. The van der Waals surface area contributed by atoms with E-state index in [4.69, 9.17) is 25.5 Å². The Kier molecular flexibility index (Phi) is 3.78. The summed E-state index contributed by atoms with van der Waals surface area (Å²) in [4.78, 5) is 19.0. The summed E-state index contributed by atoms with van der Waals surface area (Å²) < 4.78 is 15.0. The van der Waals surface area contributed by atoms with Gasteiger partial charge in [-0.1, -0.05) is 11.6 Å². The molecule has 2 aromatic rings. The summed E-state index contributed by atoms with van der Waals surface area (Å²) in [5.41, 5.74) is 0.0434. The van der Waals surface area contributed by atoms with Crippen LogP contribution in [0.3, 0.4) is 0 Å². The smallest absolute Gasteiger partial charge is 0.399 e. The van der Waals surface area contributed by atoms with Gasteiger partial charge in [-0.15, -0.1) is 0 Å². The molecule has 0 unspecified atom stereocenters. The Labute approximate surface area is 108 Å². The Hall–Kier alpha value is -2.08. The van der Waals surface area contributed by atoms with E-state index in [2.05, 4.69) is 9.97 Å². The van der Waals surface area contributed by atoms with Crippen molar-refractivity contribution in [1.82, 2.24) is 9.97 Å². The van der Waals surface area contributed by atoms with Crippen LogP contribution >= 0.6 is 11.6 Å². The van der Waals surface area contributed by atoms with E-state index in [1.54, 1.807) is 13.0 Å². The fourth-order valence-corrected chi connectivity index (χ4v) is 1.32. The lowest BCUT2D eigenvalue weighted by Gasteiger charge is -1.99. The molecule has 0 fully saturated rings. The third kappa shape index (κ3) is 2.98. The monoisotopic (exact) mass is 268 g/mol. The molecule has 0 atom stereocenters. The number of hydrogen-bond acceptors (Lipinski definition) is 6. The van der Waals surface area contributed by atoms with E-state index in [0.717, 1.165) is 6.26 Å². The Balaban J connectivity index is 2.09. The minimum atomic E-state index is -0.569. The number of oxazole rings is 1. The van der Waals surface area contributed by atoms with E-state index < -0.39 is 5.97 Å². The third-order valence-corrected chi connectivity index (χ3v) is 2.06. The van der Waals surface area contributed by atoms with Gasteiger partial charge in [-0.05, 0) is 6.92 Å². The molecule has 0 aliphatic carbocycles. The van der Waals surface area contributed by atoms with Gasteiger partial charge in [0.15, 0.2) is 11.4 Å². The molecule has 0 radical (unpaired) electrons. The van der Waals surface area contributed by atoms with Crippen LogP contribution in [0.15, 0.2) is 29.1 Å². The zero-order valence-corrected chi connectivity index (χ0v) is 10.2. The van der Waals surface area contributed by atoms with Gasteiger partial charge in [0.25, 0.3) is 0 Å². The zero-order valence-electron chi connectivity index (χ0n) is 9.42. The van der Waals surface area contributed by atoms with Crippen molar-refractivity contribution in [3.63, 3.8) is 0 Å². The second-order valence-corrected chi connectivity index (χ2v) is 3.60. The van der Waals surface area contributed by atoms with Crippen LogP contribution in [0.4, 0.5) is 0 Å². The van der Waals surface area contributed by atoms with Gasteiger partial charge in [0, 0.05) is 12.3 Å². The van der Waals surface area contributed by atoms with E-state index >= 15 is 0 Å². The second kappa shape index (κ2) is 5.50. The van der Waals surface area contributed by atoms with Gasteiger partial charge in [0.2, 0.25) is 0 Å². The number of halogens is 1. The molecule has 2 heterocycles. The fraction of sp³-hybridized carbons (Fsp3) is 0.182. The largest absolute Gasteiger partial charge is 0.461 e. The molecule has 7 heteroatoms. The van der Waals surface area contributed by atoms with Crippen LogP contribution in [-0.4, -0.2) is 22.5 Å². The number of pyridine rings is 1. The topological polar surface area (TPSA) is 74.5 Å². The third-order valence-electron chi connectivity index (χ3n) is 1.85. The quantitative estimate of drug-likeness (QED) is 0.794. The number of carbonyl (C=O) groups is 1. The van der Waals surface area contributed by atoms with Gasteiger partial charge in [0.05, 0.1) is 17.8 Å². The summed E-state index contributed by atoms with van der Waals surface area (Å²) in [6.45, 7) is 1.97. The summed E-state index contributed by atoms with van der Waals surface area (Å²) >= 11 is 5.74. The van der Waals surface area contributed by atoms with Crippen LogP contribution < -0.4 is 4.74 Å². The van der Waals surface area contributed by atoms with Crippen LogP contribution in [0.5, 0.6) is 11.8 Å². The fourth-order valence-electron chi connectivity index (χ4n) is 1.15. The molecule has 0 N–H and O–H groups in total. The Morgan fingerprint density at radius 3 is 3.06 bits per heavy atom. The Morgan fingerprint density at radius 2 is 2.33 bits per heavy atom. The predicted octanol–water partition coefficient (Wildman–Crippen LogP) is 2.69. The van der Waals surface area contributed by atoms with Gasteiger partial charge < -0.3 is 13.9 Å². The zero-order chi connectivity index (χ0) is 13.0. The van der Waals surface area contributed by atoms with E-state index in [0.29, 0.717) is 10.8 Å². The maximum atomic E-state index is 11.3. The van der Waals surface area contributed by atoms with Gasteiger partial charge >= 0.3 is 12.0 Å². The molecule has 6 nitrogen and oxygen atoms in total. The normalized spacial score (nSPS) is 10.1. The molecule has 0 saturated heterocycles. The van der Waals surface area contributed by atoms with E-state index in [1.807, 2.05) is 0 Å². The van der Waals surface area contributed by atoms with Crippen molar-refractivity contribution in [3.8, 4) is 11.8 Å². The maximum absolute atomic E-state index is 11.3. The number of nitrogens with zero attached hydrogens (tertiary/aromatic N) is 2.